The van der Waals surface area contributed by atoms with Crippen molar-refractivity contribution in [2.45, 2.75) is 22.8 Å². The molecule has 13 heteroatoms. The summed E-state index contributed by atoms with van der Waals surface area (Å²) in [5.41, 5.74) is 0.669. The third-order valence-corrected chi connectivity index (χ3v) is 7.21. The predicted molar refractivity (Wildman–Crippen MR) is 129 cm³/mol. The minimum Gasteiger partial charge on any atom is -0.282 e. The molecule has 3 aromatic carbocycles. The van der Waals surface area contributed by atoms with Crippen molar-refractivity contribution in [3.8, 4) is 0 Å². The molecule has 0 aliphatic carbocycles. The monoisotopic (exact) mass is 513 g/mol. The second-order valence-electron chi connectivity index (χ2n) is 7.42. The Morgan fingerprint density at radius 1 is 0.943 bits per heavy atom. The van der Waals surface area contributed by atoms with Crippen LogP contribution in [0.5, 0.6) is 0 Å². The lowest BCUT2D eigenvalue weighted by Crippen LogP contribution is -2.29. The predicted octanol–water partition coefficient (Wildman–Crippen LogP) is 3.61. The average molecular weight is 514 g/mol. The zero-order chi connectivity index (χ0) is 25.2. The summed E-state index contributed by atoms with van der Waals surface area (Å²) < 4.78 is 60.1. The van der Waals surface area contributed by atoms with Crippen molar-refractivity contribution in [1.82, 2.24) is 0 Å². The highest BCUT2D eigenvalue weighted by Crippen LogP contribution is 2.28. The molecule has 1 aliphatic heterocycles. The Balaban J connectivity index is 1.57. The Morgan fingerprint density at radius 3 is 2.34 bits per heavy atom. The zero-order valence-corrected chi connectivity index (χ0v) is 19.8. The maximum atomic E-state index is 13.0. The van der Waals surface area contributed by atoms with Crippen LogP contribution in [0.1, 0.15) is 6.92 Å². The largest absolute Gasteiger partial charge is 0.296 e. The highest BCUT2D eigenvalue weighted by atomic mass is 32.2. The van der Waals surface area contributed by atoms with E-state index in [-0.39, 0.29) is 16.3 Å². The minimum absolute atomic E-state index is 0.0853. The van der Waals surface area contributed by atoms with Crippen molar-refractivity contribution in [2.75, 3.05) is 9.73 Å². The second-order valence-corrected chi connectivity index (χ2v) is 10.5. The Bertz CT molecular complexity index is 1550. The fourth-order valence-electron chi connectivity index (χ4n) is 3.27. The molecule has 0 fully saturated rings. The number of amides is 1. The molecule has 1 unspecified atom stereocenters. The van der Waals surface area contributed by atoms with Gasteiger partial charge in [-0.2, -0.15) is 28.8 Å². The van der Waals surface area contributed by atoms with E-state index >= 15 is 0 Å². The van der Waals surface area contributed by atoms with Gasteiger partial charge < -0.3 is 0 Å². The number of benzene rings is 3. The number of nitrogens with one attached hydrogen (secondary N) is 1. The molecule has 0 aromatic heterocycles. The van der Waals surface area contributed by atoms with Crippen LogP contribution in [-0.4, -0.2) is 39.0 Å². The maximum absolute atomic E-state index is 13.0. The molecule has 1 atom stereocenters. The number of sulfonamides is 1. The third kappa shape index (κ3) is 5.26. The first-order valence-corrected chi connectivity index (χ1v) is 13.0. The molecule has 4 rings (SSSR count). The van der Waals surface area contributed by atoms with Gasteiger partial charge in [-0.1, -0.05) is 36.4 Å². The van der Waals surface area contributed by atoms with Crippen LogP contribution in [0.3, 0.4) is 0 Å². The summed E-state index contributed by atoms with van der Waals surface area (Å²) in [6, 6.07) is 18.2. The molecule has 35 heavy (non-hydrogen) atoms. The van der Waals surface area contributed by atoms with Crippen LogP contribution >= 0.6 is 0 Å². The SMILES string of the molecule is CC1=NN(c2cccc(NS(=O)(=O)c3ccccc3)c2)C(=O)C1N=Nc1ccccc1S(=O)(=O)O. The first-order valence-electron chi connectivity index (χ1n) is 10.1. The summed E-state index contributed by atoms with van der Waals surface area (Å²) >= 11 is 0. The van der Waals surface area contributed by atoms with E-state index in [9.17, 15) is 26.2 Å². The fraction of sp³-hybridized carbons (Fsp3) is 0.0909. The number of anilines is 2. The van der Waals surface area contributed by atoms with Crippen LogP contribution in [0.4, 0.5) is 17.1 Å². The van der Waals surface area contributed by atoms with Crippen molar-refractivity contribution in [1.29, 1.82) is 0 Å². The first-order chi connectivity index (χ1) is 16.6. The van der Waals surface area contributed by atoms with E-state index in [4.69, 9.17) is 0 Å². The van der Waals surface area contributed by atoms with Crippen LogP contribution in [0.25, 0.3) is 0 Å². The van der Waals surface area contributed by atoms with E-state index in [1.54, 1.807) is 37.3 Å². The molecule has 0 saturated carbocycles. The summed E-state index contributed by atoms with van der Waals surface area (Å²) in [5.74, 6) is -0.571. The molecule has 0 spiro atoms. The summed E-state index contributed by atoms with van der Waals surface area (Å²) in [5, 5.41) is 13.1. The number of hydrogen-bond donors (Lipinski definition) is 2. The Hall–Kier alpha value is -3.94. The maximum Gasteiger partial charge on any atom is 0.296 e. The van der Waals surface area contributed by atoms with E-state index < -0.39 is 37.0 Å². The molecule has 1 aliphatic rings. The van der Waals surface area contributed by atoms with Gasteiger partial charge in [0.25, 0.3) is 26.0 Å². The van der Waals surface area contributed by atoms with Crippen molar-refractivity contribution >= 4 is 48.8 Å². The fourth-order valence-corrected chi connectivity index (χ4v) is 4.96. The van der Waals surface area contributed by atoms with Crippen LogP contribution < -0.4 is 9.73 Å². The Labute approximate surface area is 201 Å². The van der Waals surface area contributed by atoms with Crippen LogP contribution in [0, 0.1) is 0 Å². The van der Waals surface area contributed by atoms with Crippen molar-refractivity contribution < 1.29 is 26.2 Å². The summed E-state index contributed by atoms with van der Waals surface area (Å²) in [4.78, 5) is 12.6. The van der Waals surface area contributed by atoms with E-state index in [2.05, 4.69) is 20.1 Å². The molecular formula is C22H19N5O6S2. The molecule has 2 N–H and O–H groups in total. The summed E-state index contributed by atoms with van der Waals surface area (Å²) in [7, 11) is -8.37. The van der Waals surface area contributed by atoms with Crippen LogP contribution in [0.2, 0.25) is 0 Å². The lowest BCUT2D eigenvalue weighted by molar-refractivity contribution is -0.117. The van der Waals surface area contributed by atoms with Gasteiger partial charge in [0.2, 0.25) is 0 Å². The molecular weight excluding hydrogens is 494 g/mol. The summed E-state index contributed by atoms with van der Waals surface area (Å²) in [6.07, 6.45) is 0. The van der Waals surface area contributed by atoms with Crippen molar-refractivity contribution in [3.63, 3.8) is 0 Å². The number of hydrogen-bond acceptors (Lipinski definition) is 8. The van der Waals surface area contributed by atoms with E-state index in [0.29, 0.717) is 11.4 Å². The minimum atomic E-state index is -4.54. The van der Waals surface area contributed by atoms with Gasteiger partial charge in [0.15, 0.2) is 6.04 Å². The topological polar surface area (TPSA) is 158 Å². The van der Waals surface area contributed by atoms with Gasteiger partial charge in [-0.25, -0.2) is 8.42 Å². The molecule has 0 radical (unpaired) electrons. The standard InChI is InChI=1S/C22H19N5O6S2/c1-15-21(24-23-19-12-5-6-13-20(19)35(31,32)33)22(28)27(25-15)17-9-7-8-16(14-17)26-34(29,30)18-10-3-2-4-11-18/h2-14,21,26H,1H3,(H,31,32,33). The highest BCUT2D eigenvalue weighted by molar-refractivity contribution is 7.92. The average Bonchev–Trinajstić information content (AvgIpc) is 3.11. The number of hydrazone groups is 1. The normalized spacial score (nSPS) is 16.5. The van der Waals surface area contributed by atoms with E-state index in [1.807, 2.05) is 0 Å². The van der Waals surface area contributed by atoms with Gasteiger partial charge in [-0.15, -0.1) is 0 Å². The Morgan fingerprint density at radius 2 is 1.63 bits per heavy atom. The van der Waals surface area contributed by atoms with Gasteiger partial charge in [0.05, 0.1) is 22.0 Å². The van der Waals surface area contributed by atoms with E-state index in [1.165, 1.54) is 42.5 Å². The number of nitrogens with zero attached hydrogens (tertiary/aromatic N) is 4. The first kappa shape index (κ1) is 24.2. The summed E-state index contributed by atoms with van der Waals surface area (Å²) in [6.45, 7) is 1.55. The molecule has 1 heterocycles. The number of carbonyl (C=O) groups excluding carboxylic acids is 1. The quantitative estimate of drug-likeness (QED) is 0.363. The van der Waals surface area contributed by atoms with Gasteiger partial charge in [0, 0.05) is 0 Å². The Kier molecular flexibility index (Phi) is 6.47. The van der Waals surface area contributed by atoms with E-state index in [0.717, 1.165) is 11.1 Å². The molecule has 0 bridgehead atoms. The third-order valence-electron chi connectivity index (χ3n) is 4.92. The number of azo groups is 1. The smallest absolute Gasteiger partial charge is 0.282 e. The lowest BCUT2D eigenvalue weighted by Gasteiger charge is -2.14. The van der Waals surface area contributed by atoms with Gasteiger partial charge in [-0.05, 0) is 49.4 Å². The molecule has 3 aromatic rings. The van der Waals surface area contributed by atoms with Crippen LogP contribution in [0.15, 0.2) is 104 Å². The number of rotatable bonds is 7. The highest BCUT2D eigenvalue weighted by Gasteiger charge is 2.35. The van der Waals surface area contributed by atoms with Crippen molar-refractivity contribution in [2.24, 2.45) is 15.3 Å². The zero-order valence-electron chi connectivity index (χ0n) is 18.2. The molecule has 11 nitrogen and oxygen atoms in total. The van der Waals surface area contributed by atoms with Gasteiger partial charge in [0.1, 0.15) is 10.6 Å². The second kappa shape index (κ2) is 9.37. The lowest BCUT2D eigenvalue weighted by atomic mass is 10.2. The van der Waals surface area contributed by atoms with Gasteiger partial charge in [-0.3, -0.25) is 14.1 Å². The molecule has 0 saturated heterocycles. The molecule has 180 valence electrons. The van der Waals surface area contributed by atoms with Crippen molar-refractivity contribution in [3.05, 3.63) is 78.9 Å². The number of carbonyl (C=O) groups is 1. The van der Waals surface area contributed by atoms with Gasteiger partial charge >= 0.3 is 0 Å². The molecule has 1 amide bonds. The van der Waals surface area contributed by atoms with Crippen LogP contribution in [-0.2, 0) is 24.9 Å².